The summed E-state index contributed by atoms with van der Waals surface area (Å²) in [5.74, 6) is 0.178. The van der Waals surface area contributed by atoms with Crippen LogP contribution in [0.4, 0.5) is 20.0 Å². The maximum absolute atomic E-state index is 12.7. The standard InChI is InChI=1S/C12H11FN4OS/c13-8-3-5-9(6-4-8)14-11(18)15-12-17-16-10(19-12)7-1-2-7/h3-7H,1-2H2,(H2,14,15,17,18). The summed E-state index contributed by atoms with van der Waals surface area (Å²) in [6, 6.07) is 5.14. The predicted molar refractivity (Wildman–Crippen MR) is 70.9 cm³/mol. The van der Waals surface area contributed by atoms with Gasteiger partial charge in [-0.3, -0.25) is 5.32 Å². The van der Waals surface area contributed by atoms with Gasteiger partial charge in [0.25, 0.3) is 0 Å². The number of hydrogen-bond acceptors (Lipinski definition) is 4. The number of nitrogens with zero attached hydrogens (tertiary/aromatic N) is 2. The summed E-state index contributed by atoms with van der Waals surface area (Å²) in [4.78, 5) is 11.7. The first kappa shape index (κ1) is 12.0. The molecule has 1 aromatic heterocycles. The van der Waals surface area contributed by atoms with Gasteiger partial charge < -0.3 is 5.32 Å². The fraction of sp³-hybridized carbons (Fsp3) is 0.250. The summed E-state index contributed by atoms with van der Waals surface area (Å²) >= 11 is 1.39. The smallest absolute Gasteiger partial charge is 0.308 e. The van der Waals surface area contributed by atoms with E-state index in [4.69, 9.17) is 0 Å². The molecule has 1 fully saturated rings. The fourth-order valence-electron chi connectivity index (χ4n) is 1.57. The number of rotatable bonds is 3. The van der Waals surface area contributed by atoms with Crippen LogP contribution in [0.15, 0.2) is 24.3 Å². The van der Waals surface area contributed by atoms with E-state index < -0.39 is 6.03 Å². The lowest BCUT2D eigenvalue weighted by Gasteiger charge is -2.04. The molecule has 3 rings (SSSR count). The second-order valence-corrected chi connectivity index (χ2v) is 5.31. The first-order chi connectivity index (χ1) is 9.20. The highest BCUT2D eigenvalue weighted by Crippen LogP contribution is 2.42. The molecule has 0 atom stereocenters. The summed E-state index contributed by atoms with van der Waals surface area (Å²) in [6.45, 7) is 0. The van der Waals surface area contributed by atoms with Crippen LogP contribution < -0.4 is 10.6 Å². The monoisotopic (exact) mass is 278 g/mol. The SMILES string of the molecule is O=C(Nc1ccc(F)cc1)Nc1nnc(C2CC2)s1. The van der Waals surface area contributed by atoms with Gasteiger partial charge in [0.1, 0.15) is 10.8 Å². The Hall–Kier alpha value is -2.02. The molecule has 0 bridgehead atoms. The lowest BCUT2D eigenvalue weighted by molar-refractivity contribution is 0.262. The third kappa shape index (κ3) is 3.05. The van der Waals surface area contributed by atoms with E-state index in [2.05, 4.69) is 20.8 Å². The molecule has 19 heavy (non-hydrogen) atoms. The van der Waals surface area contributed by atoms with Crippen molar-refractivity contribution in [2.45, 2.75) is 18.8 Å². The number of benzene rings is 1. The first-order valence-electron chi connectivity index (χ1n) is 5.88. The van der Waals surface area contributed by atoms with Crippen LogP contribution in [0.1, 0.15) is 23.8 Å². The van der Waals surface area contributed by atoms with Crippen molar-refractivity contribution in [1.29, 1.82) is 0 Å². The molecule has 0 unspecified atom stereocenters. The molecule has 2 amide bonds. The number of amides is 2. The average molecular weight is 278 g/mol. The van der Waals surface area contributed by atoms with E-state index >= 15 is 0 Å². The Morgan fingerprint density at radius 2 is 1.95 bits per heavy atom. The van der Waals surface area contributed by atoms with Crippen molar-refractivity contribution in [2.24, 2.45) is 0 Å². The van der Waals surface area contributed by atoms with Crippen LogP contribution in [-0.2, 0) is 0 Å². The summed E-state index contributed by atoms with van der Waals surface area (Å²) in [6.07, 6.45) is 2.30. The van der Waals surface area contributed by atoms with Crippen molar-refractivity contribution in [2.75, 3.05) is 10.6 Å². The van der Waals surface area contributed by atoms with Crippen molar-refractivity contribution in [3.8, 4) is 0 Å². The molecule has 1 saturated carbocycles. The van der Waals surface area contributed by atoms with Gasteiger partial charge in [-0.15, -0.1) is 10.2 Å². The molecule has 2 aromatic rings. The first-order valence-corrected chi connectivity index (χ1v) is 6.69. The number of aromatic nitrogens is 2. The van der Waals surface area contributed by atoms with Crippen LogP contribution in [0.25, 0.3) is 0 Å². The highest BCUT2D eigenvalue weighted by atomic mass is 32.1. The number of urea groups is 1. The molecule has 1 aliphatic rings. The minimum atomic E-state index is -0.412. The van der Waals surface area contributed by atoms with E-state index in [-0.39, 0.29) is 5.82 Å². The van der Waals surface area contributed by atoms with Gasteiger partial charge in [-0.1, -0.05) is 11.3 Å². The molecule has 2 N–H and O–H groups in total. The molecule has 1 aromatic carbocycles. The minimum Gasteiger partial charge on any atom is -0.308 e. The predicted octanol–water partition coefficient (Wildman–Crippen LogP) is 3.20. The third-order valence-electron chi connectivity index (χ3n) is 2.69. The number of carbonyl (C=O) groups is 1. The van der Waals surface area contributed by atoms with Gasteiger partial charge in [0, 0.05) is 11.6 Å². The van der Waals surface area contributed by atoms with Gasteiger partial charge in [0.15, 0.2) is 0 Å². The lowest BCUT2D eigenvalue weighted by atomic mass is 10.3. The van der Waals surface area contributed by atoms with Crippen LogP contribution in [-0.4, -0.2) is 16.2 Å². The normalized spacial score (nSPS) is 14.2. The van der Waals surface area contributed by atoms with E-state index in [1.807, 2.05) is 0 Å². The fourth-order valence-corrected chi connectivity index (χ4v) is 2.48. The molecule has 0 spiro atoms. The topological polar surface area (TPSA) is 66.9 Å². The molecule has 7 heteroatoms. The zero-order valence-corrected chi connectivity index (χ0v) is 10.7. The van der Waals surface area contributed by atoms with E-state index in [9.17, 15) is 9.18 Å². The molecule has 0 radical (unpaired) electrons. The molecule has 5 nitrogen and oxygen atoms in total. The number of anilines is 2. The van der Waals surface area contributed by atoms with E-state index in [0.717, 1.165) is 17.8 Å². The third-order valence-corrected chi connectivity index (χ3v) is 3.69. The van der Waals surface area contributed by atoms with Crippen molar-refractivity contribution in [3.63, 3.8) is 0 Å². The zero-order chi connectivity index (χ0) is 13.2. The quantitative estimate of drug-likeness (QED) is 0.906. The molecule has 1 heterocycles. The Kier molecular flexibility index (Phi) is 3.12. The van der Waals surface area contributed by atoms with Gasteiger partial charge in [-0.25, -0.2) is 9.18 Å². The van der Waals surface area contributed by atoms with Gasteiger partial charge in [0.05, 0.1) is 0 Å². The number of nitrogens with one attached hydrogen (secondary N) is 2. The molecular formula is C12H11FN4OS. The Labute approximate surface area is 112 Å². The largest absolute Gasteiger partial charge is 0.325 e. The van der Waals surface area contributed by atoms with Crippen molar-refractivity contribution in [3.05, 3.63) is 35.1 Å². The summed E-state index contributed by atoms with van der Waals surface area (Å²) in [7, 11) is 0. The number of carbonyl (C=O) groups excluding carboxylic acids is 1. The maximum Gasteiger partial charge on any atom is 0.325 e. The molecule has 0 saturated heterocycles. The Bertz CT molecular complexity index is 594. The lowest BCUT2D eigenvalue weighted by Crippen LogP contribution is -2.19. The second-order valence-electron chi connectivity index (χ2n) is 4.31. The van der Waals surface area contributed by atoms with E-state index in [1.165, 1.54) is 35.6 Å². The maximum atomic E-state index is 12.7. The molecule has 0 aliphatic heterocycles. The summed E-state index contributed by atoms with van der Waals surface area (Å²) in [5.41, 5.74) is 0.519. The van der Waals surface area contributed by atoms with Gasteiger partial charge in [0.2, 0.25) is 5.13 Å². The number of halogens is 1. The van der Waals surface area contributed by atoms with Gasteiger partial charge >= 0.3 is 6.03 Å². The Morgan fingerprint density at radius 1 is 1.21 bits per heavy atom. The van der Waals surface area contributed by atoms with E-state index in [1.54, 1.807) is 0 Å². The van der Waals surface area contributed by atoms with Crippen molar-refractivity contribution in [1.82, 2.24) is 10.2 Å². The van der Waals surface area contributed by atoms with Crippen LogP contribution in [0.5, 0.6) is 0 Å². The van der Waals surface area contributed by atoms with Gasteiger partial charge in [-0.05, 0) is 37.1 Å². The Morgan fingerprint density at radius 3 is 2.63 bits per heavy atom. The van der Waals surface area contributed by atoms with Crippen molar-refractivity contribution < 1.29 is 9.18 Å². The second kappa shape index (κ2) is 4.93. The van der Waals surface area contributed by atoms with Crippen molar-refractivity contribution >= 4 is 28.2 Å². The average Bonchev–Trinajstić information content (AvgIpc) is 3.14. The highest BCUT2D eigenvalue weighted by molar-refractivity contribution is 7.15. The molecule has 98 valence electrons. The van der Waals surface area contributed by atoms with E-state index in [0.29, 0.717) is 16.7 Å². The molecule has 1 aliphatic carbocycles. The van der Waals surface area contributed by atoms with Crippen LogP contribution in [0.3, 0.4) is 0 Å². The van der Waals surface area contributed by atoms with Crippen LogP contribution in [0, 0.1) is 5.82 Å². The zero-order valence-electron chi connectivity index (χ0n) is 9.89. The van der Waals surface area contributed by atoms with Crippen LogP contribution >= 0.6 is 11.3 Å². The molecular weight excluding hydrogens is 267 g/mol. The van der Waals surface area contributed by atoms with Crippen LogP contribution in [0.2, 0.25) is 0 Å². The van der Waals surface area contributed by atoms with Gasteiger partial charge in [-0.2, -0.15) is 0 Å². The summed E-state index contributed by atoms with van der Waals surface area (Å²) < 4.78 is 12.7. The highest BCUT2D eigenvalue weighted by Gasteiger charge is 2.27. The minimum absolute atomic E-state index is 0.343. The Balaban J connectivity index is 1.59. The summed E-state index contributed by atoms with van der Waals surface area (Å²) in [5, 5.41) is 14.6. The number of hydrogen-bond donors (Lipinski definition) is 2.